The normalized spacial score (nSPS) is 17.2. The van der Waals surface area contributed by atoms with E-state index in [9.17, 15) is 4.79 Å². The van der Waals surface area contributed by atoms with Crippen molar-refractivity contribution in [3.63, 3.8) is 0 Å². The molecular weight excluding hydrogens is 288 g/mol. The molecule has 0 aliphatic carbocycles. The topological polar surface area (TPSA) is 50.2 Å². The van der Waals surface area contributed by atoms with Crippen LogP contribution < -0.4 is 10.2 Å². The lowest BCUT2D eigenvalue weighted by Crippen LogP contribution is -2.32. The van der Waals surface area contributed by atoms with Gasteiger partial charge in [-0.3, -0.25) is 9.48 Å². The molecule has 0 unspecified atom stereocenters. The molecule has 2 aromatic rings. The third kappa shape index (κ3) is 2.83. The molecule has 1 aromatic carbocycles. The van der Waals surface area contributed by atoms with Gasteiger partial charge in [0.2, 0.25) is 0 Å². The molecule has 0 atom stereocenters. The van der Waals surface area contributed by atoms with Crippen LogP contribution in [0.15, 0.2) is 30.5 Å². The van der Waals surface area contributed by atoms with Gasteiger partial charge in [-0.25, -0.2) is 0 Å². The standard InChI is InChI=1S/C18H22N4O/c23-18-15-13-22(20-16(15)7-3-9-19-18)12-11-21-10-4-6-14-5-1-2-8-17(14)21/h1-2,5,8,13H,3-4,6-7,9-12H2,(H,19,23). The number of aromatic nitrogens is 2. The summed E-state index contributed by atoms with van der Waals surface area (Å²) in [7, 11) is 0. The maximum Gasteiger partial charge on any atom is 0.254 e. The minimum absolute atomic E-state index is 0.0204. The molecule has 1 amide bonds. The van der Waals surface area contributed by atoms with Gasteiger partial charge >= 0.3 is 0 Å². The largest absolute Gasteiger partial charge is 0.369 e. The molecule has 5 heteroatoms. The van der Waals surface area contributed by atoms with Crippen LogP contribution in [0.3, 0.4) is 0 Å². The first kappa shape index (κ1) is 14.3. The number of para-hydroxylation sites is 1. The van der Waals surface area contributed by atoms with E-state index in [0.717, 1.165) is 50.3 Å². The van der Waals surface area contributed by atoms with Gasteiger partial charge < -0.3 is 10.2 Å². The Kier molecular flexibility index (Phi) is 3.77. The number of fused-ring (bicyclic) bond motifs is 2. The second-order valence-electron chi connectivity index (χ2n) is 6.33. The average molecular weight is 310 g/mol. The molecule has 0 fully saturated rings. The third-order valence-electron chi connectivity index (χ3n) is 4.76. The van der Waals surface area contributed by atoms with E-state index in [2.05, 4.69) is 39.6 Å². The van der Waals surface area contributed by atoms with E-state index in [1.807, 2.05) is 10.9 Å². The molecule has 0 radical (unpaired) electrons. The molecular formula is C18H22N4O. The van der Waals surface area contributed by atoms with Gasteiger partial charge in [0.05, 0.1) is 17.8 Å². The molecule has 4 rings (SSSR count). The highest BCUT2D eigenvalue weighted by Crippen LogP contribution is 2.26. The first-order valence-corrected chi connectivity index (χ1v) is 8.48. The molecule has 120 valence electrons. The van der Waals surface area contributed by atoms with Crippen molar-refractivity contribution in [3.8, 4) is 0 Å². The first-order valence-electron chi connectivity index (χ1n) is 8.48. The summed E-state index contributed by atoms with van der Waals surface area (Å²) in [6.07, 6.45) is 6.13. The van der Waals surface area contributed by atoms with E-state index in [4.69, 9.17) is 0 Å². The molecule has 23 heavy (non-hydrogen) atoms. The Balaban J connectivity index is 1.48. The van der Waals surface area contributed by atoms with Gasteiger partial charge in [0, 0.05) is 31.5 Å². The zero-order chi connectivity index (χ0) is 15.6. The highest BCUT2D eigenvalue weighted by molar-refractivity contribution is 5.95. The van der Waals surface area contributed by atoms with Gasteiger partial charge in [0.25, 0.3) is 5.91 Å². The second kappa shape index (κ2) is 6.07. The molecule has 0 spiro atoms. The summed E-state index contributed by atoms with van der Waals surface area (Å²) in [5.74, 6) is 0.0204. The highest BCUT2D eigenvalue weighted by Gasteiger charge is 2.20. The molecule has 1 aromatic heterocycles. The van der Waals surface area contributed by atoms with Crippen LogP contribution in [0, 0.1) is 0 Å². The van der Waals surface area contributed by atoms with Crippen molar-refractivity contribution in [3.05, 3.63) is 47.3 Å². The number of hydrogen-bond acceptors (Lipinski definition) is 3. The highest BCUT2D eigenvalue weighted by atomic mass is 16.1. The summed E-state index contributed by atoms with van der Waals surface area (Å²) >= 11 is 0. The summed E-state index contributed by atoms with van der Waals surface area (Å²) in [6.45, 7) is 3.59. The number of nitrogens with zero attached hydrogens (tertiary/aromatic N) is 3. The van der Waals surface area contributed by atoms with E-state index in [1.54, 1.807) is 0 Å². The quantitative estimate of drug-likeness (QED) is 0.943. The van der Waals surface area contributed by atoms with Crippen LogP contribution in [0.5, 0.6) is 0 Å². The van der Waals surface area contributed by atoms with Gasteiger partial charge in [0.15, 0.2) is 0 Å². The van der Waals surface area contributed by atoms with Crippen molar-refractivity contribution in [2.45, 2.75) is 32.2 Å². The zero-order valence-electron chi connectivity index (χ0n) is 13.3. The van der Waals surface area contributed by atoms with Crippen molar-refractivity contribution in [1.29, 1.82) is 0 Å². The monoisotopic (exact) mass is 310 g/mol. The van der Waals surface area contributed by atoms with Gasteiger partial charge in [0.1, 0.15) is 0 Å². The van der Waals surface area contributed by atoms with E-state index >= 15 is 0 Å². The number of benzene rings is 1. The molecule has 3 heterocycles. The van der Waals surface area contributed by atoms with Crippen LogP contribution in [0.1, 0.15) is 34.5 Å². The Labute approximate surface area is 136 Å². The zero-order valence-corrected chi connectivity index (χ0v) is 13.3. The minimum Gasteiger partial charge on any atom is -0.369 e. The summed E-state index contributed by atoms with van der Waals surface area (Å²) in [5, 5.41) is 7.56. The molecule has 5 nitrogen and oxygen atoms in total. The number of aryl methyl sites for hydroxylation is 2. The Morgan fingerprint density at radius 2 is 2.04 bits per heavy atom. The van der Waals surface area contributed by atoms with Crippen LogP contribution >= 0.6 is 0 Å². The molecule has 0 saturated heterocycles. The van der Waals surface area contributed by atoms with Gasteiger partial charge in [-0.2, -0.15) is 5.10 Å². The number of carbonyl (C=O) groups excluding carboxylic acids is 1. The lowest BCUT2D eigenvalue weighted by Gasteiger charge is -2.31. The number of rotatable bonds is 3. The molecule has 2 aliphatic rings. The summed E-state index contributed by atoms with van der Waals surface area (Å²) in [4.78, 5) is 14.4. The Hall–Kier alpha value is -2.30. The van der Waals surface area contributed by atoms with Crippen molar-refractivity contribution < 1.29 is 4.79 Å². The summed E-state index contributed by atoms with van der Waals surface area (Å²) in [6, 6.07) is 8.66. The van der Waals surface area contributed by atoms with Gasteiger partial charge in [-0.15, -0.1) is 0 Å². The minimum atomic E-state index is 0.0204. The van der Waals surface area contributed by atoms with Crippen molar-refractivity contribution in [2.75, 3.05) is 24.5 Å². The van der Waals surface area contributed by atoms with Gasteiger partial charge in [-0.1, -0.05) is 18.2 Å². The predicted octanol–water partition coefficient (Wildman–Crippen LogP) is 2.01. The van der Waals surface area contributed by atoms with Crippen molar-refractivity contribution in [1.82, 2.24) is 15.1 Å². The maximum atomic E-state index is 12.0. The van der Waals surface area contributed by atoms with Crippen LogP contribution in [0.2, 0.25) is 0 Å². The first-order chi connectivity index (χ1) is 11.3. The fraction of sp³-hybridized carbons (Fsp3) is 0.444. The smallest absolute Gasteiger partial charge is 0.254 e. The SMILES string of the molecule is O=C1NCCCc2nn(CCN3CCCc4ccccc43)cc21. The number of hydrogen-bond donors (Lipinski definition) is 1. The van der Waals surface area contributed by atoms with Crippen LogP contribution in [0.4, 0.5) is 5.69 Å². The number of amides is 1. The fourth-order valence-corrected chi connectivity index (χ4v) is 3.57. The number of nitrogens with one attached hydrogen (secondary N) is 1. The van der Waals surface area contributed by atoms with E-state index in [0.29, 0.717) is 0 Å². The maximum absolute atomic E-state index is 12.0. The molecule has 0 bridgehead atoms. The summed E-state index contributed by atoms with van der Waals surface area (Å²) < 4.78 is 1.94. The number of anilines is 1. The Morgan fingerprint density at radius 1 is 1.13 bits per heavy atom. The van der Waals surface area contributed by atoms with Crippen LogP contribution in [-0.2, 0) is 19.4 Å². The number of carbonyl (C=O) groups is 1. The van der Waals surface area contributed by atoms with Crippen molar-refractivity contribution in [2.24, 2.45) is 0 Å². The predicted molar refractivity (Wildman–Crippen MR) is 89.9 cm³/mol. The van der Waals surface area contributed by atoms with Crippen LogP contribution in [0.25, 0.3) is 0 Å². The Morgan fingerprint density at radius 3 is 3.00 bits per heavy atom. The lowest BCUT2D eigenvalue weighted by molar-refractivity contribution is 0.0956. The second-order valence-corrected chi connectivity index (χ2v) is 6.33. The Bertz CT molecular complexity index is 722. The molecule has 1 N–H and O–H groups in total. The van der Waals surface area contributed by atoms with Crippen molar-refractivity contribution >= 4 is 11.6 Å². The molecule has 2 aliphatic heterocycles. The molecule has 0 saturated carbocycles. The van der Waals surface area contributed by atoms with Gasteiger partial charge in [-0.05, 0) is 37.3 Å². The lowest BCUT2D eigenvalue weighted by atomic mass is 10.0. The fourth-order valence-electron chi connectivity index (χ4n) is 3.57. The average Bonchev–Trinajstić information content (AvgIpc) is 2.92. The summed E-state index contributed by atoms with van der Waals surface area (Å²) in [5.41, 5.74) is 4.49. The van der Waals surface area contributed by atoms with E-state index in [1.165, 1.54) is 24.1 Å². The third-order valence-corrected chi connectivity index (χ3v) is 4.76. The van der Waals surface area contributed by atoms with Crippen LogP contribution in [-0.4, -0.2) is 35.3 Å². The van der Waals surface area contributed by atoms with E-state index < -0.39 is 0 Å². The van der Waals surface area contributed by atoms with E-state index in [-0.39, 0.29) is 5.91 Å².